The van der Waals surface area contributed by atoms with Crippen LogP contribution < -0.4 is 11.3 Å². The van der Waals surface area contributed by atoms with Crippen LogP contribution in [0.25, 0.3) is 0 Å². The molecule has 2 nitrogen and oxygen atoms in total. The van der Waals surface area contributed by atoms with Crippen molar-refractivity contribution >= 4 is 11.6 Å². The first kappa shape index (κ1) is 15.8. The average Bonchev–Trinajstić information content (AvgIpc) is 2.46. The topological polar surface area (TPSA) is 38.0 Å². The fourth-order valence-corrected chi connectivity index (χ4v) is 2.24. The van der Waals surface area contributed by atoms with Gasteiger partial charge in [-0.1, -0.05) is 23.7 Å². The second-order valence-corrected chi connectivity index (χ2v) is 4.80. The normalized spacial score (nSPS) is 12.5. The van der Waals surface area contributed by atoms with E-state index in [4.69, 9.17) is 17.4 Å². The second-order valence-electron chi connectivity index (χ2n) is 4.39. The van der Waals surface area contributed by atoms with E-state index in [0.717, 1.165) is 12.1 Å². The number of hydrogen-bond acceptors (Lipinski definition) is 2. The molecule has 0 saturated heterocycles. The van der Waals surface area contributed by atoms with Crippen LogP contribution in [-0.4, -0.2) is 0 Å². The smallest absolute Gasteiger partial charge is 0.194 e. The highest BCUT2D eigenvalue weighted by Gasteiger charge is 2.22. The summed E-state index contributed by atoms with van der Waals surface area (Å²) in [5.74, 6) is 0.436. The number of benzene rings is 2. The average molecular weight is 319 g/mol. The minimum Gasteiger partial charge on any atom is -0.271 e. The van der Waals surface area contributed by atoms with Gasteiger partial charge in [0.15, 0.2) is 17.5 Å². The zero-order valence-electron chi connectivity index (χ0n) is 10.6. The summed E-state index contributed by atoms with van der Waals surface area (Å²) in [6.07, 6.45) is -0.121. The predicted octanol–water partition coefficient (Wildman–Crippen LogP) is 3.64. The van der Waals surface area contributed by atoms with Crippen LogP contribution in [0.2, 0.25) is 5.02 Å². The lowest BCUT2D eigenvalue weighted by Gasteiger charge is -2.18. The highest BCUT2D eigenvalue weighted by molar-refractivity contribution is 6.31. The number of hydrazine groups is 1. The Morgan fingerprint density at radius 2 is 1.71 bits per heavy atom. The number of halogens is 5. The minimum absolute atomic E-state index is 0.103. The first-order chi connectivity index (χ1) is 9.95. The summed E-state index contributed by atoms with van der Waals surface area (Å²) in [7, 11) is 0. The lowest BCUT2D eigenvalue weighted by molar-refractivity contribution is 0.423. The van der Waals surface area contributed by atoms with Crippen LogP contribution in [0.4, 0.5) is 17.6 Å². The summed E-state index contributed by atoms with van der Waals surface area (Å²) < 4.78 is 53.7. The van der Waals surface area contributed by atoms with Crippen molar-refractivity contribution in [3.8, 4) is 0 Å². The summed E-state index contributed by atoms with van der Waals surface area (Å²) >= 11 is 5.88. The van der Waals surface area contributed by atoms with Crippen LogP contribution in [0, 0.1) is 23.3 Å². The predicted molar refractivity (Wildman–Crippen MR) is 71.5 cm³/mol. The van der Waals surface area contributed by atoms with Crippen LogP contribution in [0.15, 0.2) is 30.3 Å². The third kappa shape index (κ3) is 3.18. The quantitative estimate of drug-likeness (QED) is 0.391. The molecule has 112 valence electrons. The van der Waals surface area contributed by atoms with Gasteiger partial charge in [-0.2, -0.15) is 0 Å². The van der Waals surface area contributed by atoms with E-state index >= 15 is 0 Å². The van der Waals surface area contributed by atoms with Crippen LogP contribution in [0.3, 0.4) is 0 Å². The highest BCUT2D eigenvalue weighted by atomic mass is 35.5. The maximum Gasteiger partial charge on any atom is 0.194 e. The van der Waals surface area contributed by atoms with E-state index in [9.17, 15) is 17.6 Å². The first-order valence-corrected chi connectivity index (χ1v) is 6.36. The number of nitrogens with one attached hydrogen (secondary N) is 1. The molecule has 1 unspecified atom stereocenters. The van der Waals surface area contributed by atoms with E-state index in [1.807, 2.05) is 0 Å². The Hall–Kier alpha value is -1.63. The molecule has 0 aliphatic heterocycles. The molecule has 21 heavy (non-hydrogen) atoms. The highest BCUT2D eigenvalue weighted by Crippen LogP contribution is 2.28. The fourth-order valence-electron chi connectivity index (χ4n) is 2.00. The number of hydrogen-bond donors (Lipinski definition) is 2. The van der Waals surface area contributed by atoms with Crippen molar-refractivity contribution in [1.82, 2.24) is 5.43 Å². The van der Waals surface area contributed by atoms with Crippen molar-refractivity contribution < 1.29 is 17.6 Å². The summed E-state index contributed by atoms with van der Waals surface area (Å²) in [4.78, 5) is 0. The lowest BCUT2D eigenvalue weighted by Crippen LogP contribution is -2.31. The van der Waals surface area contributed by atoms with Crippen molar-refractivity contribution in [2.24, 2.45) is 5.84 Å². The molecule has 3 N–H and O–H groups in total. The van der Waals surface area contributed by atoms with Gasteiger partial charge in [-0.15, -0.1) is 0 Å². The largest absolute Gasteiger partial charge is 0.271 e. The number of rotatable bonds is 4. The summed E-state index contributed by atoms with van der Waals surface area (Å²) in [6, 6.07) is 4.94. The van der Waals surface area contributed by atoms with Crippen molar-refractivity contribution in [3.63, 3.8) is 0 Å². The van der Waals surface area contributed by atoms with Gasteiger partial charge in [0.25, 0.3) is 0 Å². The monoisotopic (exact) mass is 318 g/mol. The molecular formula is C14H11ClF4N2. The number of nitrogens with two attached hydrogens (primary N) is 1. The Labute approximate surface area is 123 Å². The van der Waals surface area contributed by atoms with Gasteiger partial charge < -0.3 is 0 Å². The van der Waals surface area contributed by atoms with Gasteiger partial charge in [0.1, 0.15) is 5.82 Å². The molecule has 2 aromatic rings. The van der Waals surface area contributed by atoms with Gasteiger partial charge in [-0.05, 0) is 24.6 Å². The SMILES string of the molecule is NNC(Cc1c(F)cccc1Cl)c1ccc(F)c(F)c1F. The summed E-state index contributed by atoms with van der Waals surface area (Å²) in [5, 5.41) is 0.137. The van der Waals surface area contributed by atoms with Crippen molar-refractivity contribution in [2.45, 2.75) is 12.5 Å². The standard InChI is InChI=1S/C14H11ClF4N2/c15-9-2-1-3-10(16)8(9)6-12(21-20)7-4-5-11(17)14(19)13(7)18/h1-5,12,21H,6,20H2. The van der Waals surface area contributed by atoms with E-state index < -0.39 is 29.3 Å². The molecule has 7 heteroatoms. The van der Waals surface area contributed by atoms with E-state index in [1.54, 1.807) is 0 Å². The molecule has 0 spiro atoms. The Morgan fingerprint density at radius 3 is 2.33 bits per heavy atom. The molecule has 2 aromatic carbocycles. The van der Waals surface area contributed by atoms with Crippen LogP contribution >= 0.6 is 11.6 Å². The lowest BCUT2D eigenvalue weighted by atomic mass is 9.98. The Balaban J connectivity index is 2.40. The van der Waals surface area contributed by atoms with Gasteiger partial charge >= 0.3 is 0 Å². The second kappa shape index (κ2) is 6.43. The molecule has 0 aromatic heterocycles. The fraction of sp³-hybridized carbons (Fsp3) is 0.143. The van der Waals surface area contributed by atoms with E-state index in [1.165, 1.54) is 18.2 Å². The molecule has 0 saturated carbocycles. The Bertz CT molecular complexity index is 643. The van der Waals surface area contributed by atoms with Crippen LogP contribution in [0.5, 0.6) is 0 Å². The van der Waals surface area contributed by atoms with Crippen LogP contribution in [-0.2, 0) is 6.42 Å². The summed E-state index contributed by atoms with van der Waals surface area (Å²) in [6.45, 7) is 0. The maximum atomic E-state index is 13.8. The minimum atomic E-state index is -1.60. The van der Waals surface area contributed by atoms with Crippen molar-refractivity contribution in [1.29, 1.82) is 0 Å². The molecule has 0 radical (unpaired) electrons. The molecule has 0 heterocycles. The van der Waals surface area contributed by atoms with Gasteiger partial charge in [-0.25, -0.2) is 17.6 Å². The van der Waals surface area contributed by atoms with E-state index in [0.29, 0.717) is 0 Å². The summed E-state index contributed by atoms with van der Waals surface area (Å²) in [5.41, 5.74) is 2.15. The third-order valence-electron chi connectivity index (χ3n) is 3.11. The zero-order valence-corrected chi connectivity index (χ0v) is 11.4. The van der Waals surface area contributed by atoms with Crippen molar-refractivity contribution in [2.75, 3.05) is 0 Å². The molecule has 1 atom stereocenters. The molecule has 0 bridgehead atoms. The first-order valence-electron chi connectivity index (χ1n) is 5.98. The zero-order chi connectivity index (χ0) is 15.6. The molecule has 0 aliphatic rings. The van der Waals surface area contributed by atoms with Gasteiger partial charge in [0, 0.05) is 16.1 Å². The third-order valence-corrected chi connectivity index (χ3v) is 3.47. The molecule has 2 rings (SSSR count). The Morgan fingerprint density at radius 1 is 1.00 bits per heavy atom. The molecular weight excluding hydrogens is 308 g/mol. The molecule has 0 aliphatic carbocycles. The van der Waals surface area contributed by atoms with Gasteiger partial charge in [0.05, 0.1) is 6.04 Å². The van der Waals surface area contributed by atoms with E-state index in [-0.39, 0.29) is 22.6 Å². The van der Waals surface area contributed by atoms with Crippen LogP contribution in [0.1, 0.15) is 17.2 Å². The van der Waals surface area contributed by atoms with Gasteiger partial charge in [0.2, 0.25) is 0 Å². The molecule has 0 amide bonds. The maximum absolute atomic E-state index is 13.8. The van der Waals surface area contributed by atoms with Gasteiger partial charge in [-0.3, -0.25) is 11.3 Å². The molecule has 0 fully saturated rings. The van der Waals surface area contributed by atoms with Crippen molar-refractivity contribution in [3.05, 3.63) is 69.8 Å². The Kier molecular flexibility index (Phi) is 4.82. The van der Waals surface area contributed by atoms with E-state index in [2.05, 4.69) is 5.43 Å².